The first-order chi connectivity index (χ1) is 16.1. The second kappa shape index (κ2) is 10.0. The second-order valence-electron chi connectivity index (χ2n) is 8.86. The number of morpholine rings is 1. The quantitative estimate of drug-likeness (QED) is 0.572. The third-order valence-electron chi connectivity index (χ3n) is 6.22. The van der Waals surface area contributed by atoms with Gasteiger partial charge in [0.2, 0.25) is 0 Å². The smallest absolute Gasteiger partial charge is 0.196 e. The largest absolute Gasteiger partial charge is 0.378 e. The first-order valence-electron chi connectivity index (χ1n) is 11.5. The molecule has 0 spiro atoms. The van der Waals surface area contributed by atoms with E-state index in [0.29, 0.717) is 10.3 Å². The van der Waals surface area contributed by atoms with Gasteiger partial charge in [-0.3, -0.25) is 0 Å². The number of aromatic nitrogens is 3. The first kappa shape index (κ1) is 22.6. The highest BCUT2D eigenvalue weighted by atomic mass is 32.2. The monoisotopic (exact) mass is 486 g/mol. The molecule has 2 aromatic heterocycles. The number of ether oxygens (including phenoxy) is 1. The van der Waals surface area contributed by atoms with Crippen LogP contribution in [0.15, 0.2) is 34.2 Å². The summed E-state index contributed by atoms with van der Waals surface area (Å²) in [6.07, 6.45) is 3.65. The molecule has 3 aromatic rings. The number of hydrogen-bond acceptors (Lipinski definition) is 8. The van der Waals surface area contributed by atoms with Crippen molar-refractivity contribution in [1.29, 1.82) is 0 Å². The Labute approximate surface area is 201 Å². The van der Waals surface area contributed by atoms with Gasteiger partial charge in [0.1, 0.15) is 12.1 Å². The van der Waals surface area contributed by atoms with Crippen LogP contribution in [0.1, 0.15) is 38.3 Å². The van der Waals surface area contributed by atoms with Crippen molar-refractivity contribution in [3.05, 3.63) is 35.6 Å². The van der Waals surface area contributed by atoms with Gasteiger partial charge in [-0.1, -0.05) is 13.8 Å². The predicted molar refractivity (Wildman–Crippen MR) is 134 cm³/mol. The number of piperidine rings is 1. The van der Waals surface area contributed by atoms with E-state index in [2.05, 4.69) is 61.5 Å². The lowest BCUT2D eigenvalue weighted by molar-refractivity contribution is 0.122. The standard InChI is InChI=1S/C23H30N6O2S2/c1-16(2)21-14-32-23(26-21)33(30)27-17-4-3-7-29(13-17)22-19-6-5-18(12-20(19)24-15-25-22)28-8-10-31-11-9-28/h5-6,12,14-17,27H,3-4,7-11,13H2,1-2H3. The molecule has 10 heteroatoms. The van der Waals surface area contributed by atoms with Crippen LogP contribution in [0.5, 0.6) is 0 Å². The summed E-state index contributed by atoms with van der Waals surface area (Å²) in [6.45, 7) is 9.21. The molecule has 0 aliphatic carbocycles. The van der Waals surface area contributed by atoms with Gasteiger partial charge in [-0.25, -0.2) is 23.9 Å². The Morgan fingerprint density at radius 1 is 1.18 bits per heavy atom. The van der Waals surface area contributed by atoms with Crippen molar-refractivity contribution in [3.8, 4) is 0 Å². The van der Waals surface area contributed by atoms with E-state index in [4.69, 9.17) is 4.74 Å². The van der Waals surface area contributed by atoms with Gasteiger partial charge in [-0.15, -0.1) is 11.3 Å². The van der Waals surface area contributed by atoms with Crippen molar-refractivity contribution in [2.45, 2.75) is 43.0 Å². The molecule has 2 saturated heterocycles. The molecule has 4 heterocycles. The maximum absolute atomic E-state index is 12.9. The zero-order chi connectivity index (χ0) is 22.8. The molecule has 0 saturated carbocycles. The van der Waals surface area contributed by atoms with Crippen molar-refractivity contribution in [3.63, 3.8) is 0 Å². The van der Waals surface area contributed by atoms with Gasteiger partial charge in [0, 0.05) is 48.7 Å². The summed E-state index contributed by atoms with van der Waals surface area (Å²) in [6, 6.07) is 6.55. The first-order valence-corrected chi connectivity index (χ1v) is 13.6. The lowest BCUT2D eigenvalue weighted by Crippen LogP contribution is -2.46. The SMILES string of the molecule is CC(C)c1csc(S(=O)NC2CCCN(c3ncnc4cc(N5CCOCC5)ccc34)C2)n1. The lowest BCUT2D eigenvalue weighted by Gasteiger charge is -2.34. The fourth-order valence-corrected chi connectivity index (χ4v) is 6.52. The van der Waals surface area contributed by atoms with Crippen LogP contribution < -0.4 is 14.5 Å². The van der Waals surface area contributed by atoms with Crippen molar-refractivity contribution >= 4 is 44.7 Å². The number of nitrogens with one attached hydrogen (secondary N) is 1. The number of anilines is 2. The number of benzene rings is 1. The fourth-order valence-electron chi connectivity index (χ4n) is 4.39. The highest BCUT2D eigenvalue weighted by molar-refractivity contribution is 7.85. The average Bonchev–Trinajstić information content (AvgIpc) is 3.35. The number of rotatable bonds is 6. The fraction of sp³-hybridized carbons (Fsp3) is 0.522. The van der Waals surface area contributed by atoms with Crippen LogP contribution in [0.3, 0.4) is 0 Å². The number of fused-ring (bicyclic) bond motifs is 1. The highest BCUT2D eigenvalue weighted by Gasteiger charge is 2.25. The molecule has 5 rings (SSSR count). The summed E-state index contributed by atoms with van der Waals surface area (Å²) in [4.78, 5) is 18.4. The Hall–Kier alpha value is -2.14. The summed E-state index contributed by atoms with van der Waals surface area (Å²) in [5.74, 6) is 1.29. The van der Waals surface area contributed by atoms with Crippen LogP contribution in [-0.2, 0) is 15.7 Å². The minimum atomic E-state index is -1.30. The van der Waals surface area contributed by atoms with Gasteiger partial charge in [-0.05, 0) is 37.0 Å². The van der Waals surface area contributed by atoms with E-state index in [0.717, 1.165) is 74.6 Å². The van der Waals surface area contributed by atoms with Gasteiger partial charge in [0.05, 0.1) is 24.4 Å². The zero-order valence-corrected chi connectivity index (χ0v) is 20.7. The third kappa shape index (κ3) is 5.03. The zero-order valence-electron chi connectivity index (χ0n) is 19.1. The van der Waals surface area contributed by atoms with Gasteiger partial charge in [0.25, 0.3) is 0 Å². The van der Waals surface area contributed by atoms with Crippen LogP contribution in [-0.4, -0.2) is 64.6 Å². The average molecular weight is 487 g/mol. The Balaban J connectivity index is 1.31. The number of hydrogen-bond donors (Lipinski definition) is 1. The summed E-state index contributed by atoms with van der Waals surface area (Å²) < 4.78 is 22.3. The van der Waals surface area contributed by atoms with Gasteiger partial charge >= 0.3 is 0 Å². The molecule has 0 amide bonds. The van der Waals surface area contributed by atoms with Crippen molar-refractivity contribution in [2.75, 3.05) is 49.2 Å². The molecule has 2 aliphatic rings. The molecular weight excluding hydrogens is 456 g/mol. The Morgan fingerprint density at radius 3 is 2.82 bits per heavy atom. The third-order valence-corrected chi connectivity index (χ3v) is 8.57. The van der Waals surface area contributed by atoms with Crippen molar-refractivity contribution in [1.82, 2.24) is 19.7 Å². The summed E-state index contributed by atoms with van der Waals surface area (Å²) in [5, 5.41) is 3.06. The normalized spacial score (nSPS) is 20.5. The Bertz CT molecular complexity index is 1130. The van der Waals surface area contributed by atoms with Crippen molar-refractivity contribution < 1.29 is 8.95 Å². The van der Waals surface area contributed by atoms with E-state index in [1.54, 1.807) is 6.33 Å². The van der Waals surface area contributed by atoms with E-state index < -0.39 is 11.0 Å². The van der Waals surface area contributed by atoms with Crippen LogP contribution in [0.2, 0.25) is 0 Å². The molecule has 2 unspecified atom stereocenters. The molecular formula is C23H30N6O2S2. The molecule has 1 aromatic carbocycles. The summed E-state index contributed by atoms with van der Waals surface area (Å²) in [7, 11) is -1.30. The maximum atomic E-state index is 12.9. The van der Waals surface area contributed by atoms with Crippen LogP contribution >= 0.6 is 11.3 Å². The topological polar surface area (TPSA) is 83.5 Å². The highest BCUT2D eigenvalue weighted by Crippen LogP contribution is 2.29. The van der Waals surface area contributed by atoms with Gasteiger partial charge in [0.15, 0.2) is 15.3 Å². The Kier molecular flexibility index (Phi) is 6.86. The molecule has 33 heavy (non-hydrogen) atoms. The Morgan fingerprint density at radius 2 is 2.03 bits per heavy atom. The van der Waals surface area contributed by atoms with E-state index in [1.165, 1.54) is 17.0 Å². The van der Waals surface area contributed by atoms with Crippen molar-refractivity contribution in [2.24, 2.45) is 0 Å². The molecule has 2 fully saturated rings. The molecule has 0 radical (unpaired) electrons. The predicted octanol–water partition coefficient (Wildman–Crippen LogP) is 3.33. The number of thiazole rings is 1. The molecule has 1 N–H and O–H groups in total. The van der Waals surface area contributed by atoms with Crippen LogP contribution in [0, 0.1) is 0 Å². The number of nitrogens with zero attached hydrogens (tertiary/aromatic N) is 5. The summed E-state index contributed by atoms with van der Waals surface area (Å²) in [5.41, 5.74) is 3.12. The van der Waals surface area contributed by atoms with Crippen LogP contribution in [0.4, 0.5) is 11.5 Å². The summed E-state index contributed by atoms with van der Waals surface area (Å²) >= 11 is 1.47. The van der Waals surface area contributed by atoms with E-state index in [-0.39, 0.29) is 6.04 Å². The van der Waals surface area contributed by atoms with E-state index >= 15 is 0 Å². The molecule has 0 bridgehead atoms. The van der Waals surface area contributed by atoms with E-state index in [9.17, 15) is 4.21 Å². The molecule has 8 nitrogen and oxygen atoms in total. The lowest BCUT2D eigenvalue weighted by atomic mass is 10.1. The van der Waals surface area contributed by atoms with Gasteiger partial charge in [-0.2, -0.15) is 0 Å². The minimum absolute atomic E-state index is 0.114. The minimum Gasteiger partial charge on any atom is -0.378 e. The molecule has 176 valence electrons. The van der Waals surface area contributed by atoms with Crippen LogP contribution in [0.25, 0.3) is 10.9 Å². The maximum Gasteiger partial charge on any atom is 0.196 e. The second-order valence-corrected chi connectivity index (χ2v) is 11.1. The molecule has 2 aliphatic heterocycles. The molecule has 2 atom stereocenters. The van der Waals surface area contributed by atoms with Gasteiger partial charge < -0.3 is 14.5 Å². The van der Waals surface area contributed by atoms with E-state index in [1.807, 2.05) is 5.38 Å².